The maximum atomic E-state index is 14.4. The number of nitrogens with zero attached hydrogens (tertiary/aromatic N) is 4. The van der Waals surface area contributed by atoms with Gasteiger partial charge in [0, 0.05) is 37.3 Å². The zero-order valence-corrected chi connectivity index (χ0v) is 23.6. The molecule has 0 atom stereocenters. The first-order chi connectivity index (χ1) is 20.9. The number of ether oxygens (including phenoxy) is 3. The van der Waals surface area contributed by atoms with Crippen LogP contribution in [-0.2, 0) is 35.7 Å². The Kier molecular flexibility index (Phi) is 9.03. The van der Waals surface area contributed by atoms with Gasteiger partial charge in [-0.3, -0.25) is 0 Å². The van der Waals surface area contributed by atoms with E-state index in [9.17, 15) is 13.6 Å². The van der Waals surface area contributed by atoms with E-state index in [2.05, 4.69) is 4.98 Å². The fourth-order valence-corrected chi connectivity index (χ4v) is 4.78. The van der Waals surface area contributed by atoms with Crippen molar-refractivity contribution >= 4 is 17.0 Å². The summed E-state index contributed by atoms with van der Waals surface area (Å²) in [6, 6.07) is 21.9. The van der Waals surface area contributed by atoms with Gasteiger partial charge in [0.1, 0.15) is 24.9 Å². The Labute approximate surface area is 247 Å². The number of aromatic nitrogens is 3. The minimum absolute atomic E-state index is 0.0616. The number of pyridine rings is 1. The summed E-state index contributed by atoms with van der Waals surface area (Å²) in [5, 5.41) is 8.93. The Morgan fingerprint density at radius 2 is 1.81 bits per heavy atom. The second-order valence-electron chi connectivity index (χ2n) is 9.73. The average molecular weight is 583 g/mol. The van der Waals surface area contributed by atoms with E-state index in [1.54, 1.807) is 49.6 Å². The van der Waals surface area contributed by atoms with Gasteiger partial charge in [-0.15, -0.1) is 0 Å². The lowest BCUT2D eigenvalue weighted by Gasteiger charge is -2.13. The quantitative estimate of drug-likeness (QED) is 0.172. The predicted octanol–water partition coefficient (Wildman–Crippen LogP) is 6.18. The topological polar surface area (TPSA) is 99.3 Å². The van der Waals surface area contributed by atoms with Crippen molar-refractivity contribution in [3.05, 3.63) is 112 Å². The Morgan fingerprint density at radius 3 is 2.56 bits per heavy atom. The molecule has 0 fully saturated rings. The van der Waals surface area contributed by atoms with E-state index in [4.69, 9.17) is 24.5 Å². The number of rotatable bonds is 11. The zero-order valence-electron chi connectivity index (χ0n) is 23.6. The van der Waals surface area contributed by atoms with Gasteiger partial charge >= 0.3 is 5.97 Å². The van der Waals surface area contributed by atoms with Crippen LogP contribution in [0.1, 0.15) is 38.4 Å². The summed E-state index contributed by atoms with van der Waals surface area (Å²) in [7, 11) is 2.94. The third-order valence-electron chi connectivity index (χ3n) is 7.04. The van der Waals surface area contributed by atoms with Gasteiger partial charge in [0.05, 0.1) is 47.6 Å². The first-order valence-electron chi connectivity index (χ1n) is 13.5. The van der Waals surface area contributed by atoms with Gasteiger partial charge in [-0.25, -0.2) is 23.5 Å². The second kappa shape index (κ2) is 13.2. The molecule has 0 spiro atoms. The van der Waals surface area contributed by atoms with Crippen molar-refractivity contribution in [1.82, 2.24) is 14.5 Å². The smallest absolute Gasteiger partial charge is 0.337 e. The largest absolute Gasteiger partial charge is 0.473 e. The Morgan fingerprint density at radius 1 is 0.977 bits per heavy atom. The van der Waals surface area contributed by atoms with E-state index in [0.717, 1.165) is 17.1 Å². The molecule has 0 saturated carbocycles. The summed E-state index contributed by atoms with van der Waals surface area (Å²) in [4.78, 5) is 21.4. The second-order valence-corrected chi connectivity index (χ2v) is 9.73. The number of esters is 1. The van der Waals surface area contributed by atoms with E-state index in [0.29, 0.717) is 58.9 Å². The van der Waals surface area contributed by atoms with Gasteiger partial charge in [-0.1, -0.05) is 24.3 Å². The molecule has 8 nitrogen and oxygen atoms in total. The van der Waals surface area contributed by atoms with Crippen molar-refractivity contribution in [2.24, 2.45) is 0 Å². The van der Waals surface area contributed by atoms with Crippen LogP contribution < -0.4 is 4.74 Å². The number of carbonyl (C=O) groups is 1. The van der Waals surface area contributed by atoms with Crippen LogP contribution in [0.5, 0.6) is 5.88 Å². The number of imidazole rings is 1. The van der Waals surface area contributed by atoms with Crippen molar-refractivity contribution in [3.8, 4) is 23.2 Å². The lowest BCUT2D eigenvalue weighted by molar-refractivity contribution is 0.0601. The van der Waals surface area contributed by atoms with E-state index in [-0.39, 0.29) is 18.1 Å². The first-order valence-corrected chi connectivity index (χ1v) is 13.5. The number of alkyl halides is 1. The van der Waals surface area contributed by atoms with Gasteiger partial charge < -0.3 is 18.8 Å². The standard InChI is InChI=1S/C33H28F2N4O4/c1-41-13-12-39-30-16-24(33(40)42-2)10-11-29(30)37-31(39)17-22-8-9-23(15-26(22)18-34)28-4-3-5-32(38-28)43-20-25-7-6-21(19-36)14-27(25)35/h3-11,14-16H,12-13,17-18,20H2,1-2H3. The maximum Gasteiger partial charge on any atom is 0.337 e. The number of hydrogen-bond acceptors (Lipinski definition) is 7. The number of nitriles is 1. The highest BCUT2D eigenvalue weighted by molar-refractivity contribution is 5.93. The van der Waals surface area contributed by atoms with Crippen molar-refractivity contribution in [1.29, 1.82) is 5.26 Å². The highest BCUT2D eigenvalue weighted by Crippen LogP contribution is 2.27. The van der Waals surface area contributed by atoms with Gasteiger partial charge in [-0.05, 0) is 53.6 Å². The monoisotopic (exact) mass is 582 g/mol. The lowest BCUT2D eigenvalue weighted by Crippen LogP contribution is -2.10. The molecule has 218 valence electrons. The molecular formula is C33H28F2N4O4. The molecule has 0 saturated heterocycles. The van der Waals surface area contributed by atoms with Crippen LogP contribution in [-0.4, -0.2) is 41.3 Å². The molecule has 0 bridgehead atoms. The van der Waals surface area contributed by atoms with Crippen LogP contribution in [0.15, 0.2) is 72.8 Å². The van der Waals surface area contributed by atoms with Crippen molar-refractivity contribution < 1.29 is 27.8 Å². The number of methoxy groups -OCH3 is 2. The SMILES string of the molecule is COCCn1c(Cc2ccc(-c3cccc(OCc4ccc(C#N)cc4F)n3)cc2CF)nc2ccc(C(=O)OC)cc21. The normalized spacial score (nSPS) is 11.0. The van der Waals surface area contributed by atoms with Crippen molar-refractivity contribution in [2.75, 3.05) is 20.8 Å². The van der Waals surface area contributed by atoms with Gasteiger partial charge in [-0.2, -0.15) is 5.26 Å². The third kappa shape index (κ3) is 6.52. The molecule has 5 rings (SSSR count). The maximum absolute atomic E-state index is 14.4. The van der Waals surface area contributed by atoms with E-state index in [1.165, 1.54) is 19.2 Å². The van der Waals surface area contributed by atoms with E-state index >= 15 is 0 Å². The fourth-order valence-electron chi connectivity index (χ4n) is 4.78. The van der Waals surface area contributed by atoms with Crippen LogP contribution in [0.25, 0.3) is 22.3 Å². The third-order valence-corrected chi connectivity index (χ3v) is 7.04. The molecule has 0 aliphatic heterocycles. The average Bonchev–Trinajstić information content (AvgIpc) is 3.38. The van der Waals surface area contributed by atoms with E-state index < -0.39 is 18.5 Å². The summed E-state index contributed by atoms with van der Waals surface area (Å²) >= 11 is 0. The highest BCUT2D eigenvalue weighted by Gasteiger charge is 2.17. The Bertz CT molecular complexity index is 1830. The van der Waals surface area contributed by atoms with E-state index in [1.807, 2.05) is 22.8 Å². The summed E-state index contributed by atoms with van der Waals surface area (Å²) in [6.45, 7) is 0.173. The Balaban J connectivity index is 1.39. The Hall–Kier alpha value is -5.14. The summed E-state index contributed by atoms with van der Waals surface area (Å²) < 4.78 is 46.5. The van der Waals surface area contributed by atoms with Crippen LogP contribution in [0.2, 0.25) is 0 Å². The number of halogens is 2. The molecule has 2 aromatic heterocycles. The number of hydrogen-bond donors (Lipinski definition) is 0. The number of benzene rings is 3. The minimum atomic E-state index is -0.692. The zero-order chi connectivity index (χ0) is 30.3. The lowest BCUT2D eigenvalue weighted by atomic mass is 10.00. The molecule has 3 aromatic carbocycles. The molecule has 0 N–H and O–H groups in total. The molecule has 2 heterocycles. The van der Waals surface area contributed by atoms with Crippen LogP contribution in [0.4, 0.5) is 8.78 Å². The molecule has 0 aliphatic rings. The van der Waals surface area contributed by atoms with Gasteiger partial charge in [0.2, 0.25) is 5.88 Å². The molecule has 0 radical (unpaired) electrons. The first kappa shape index (κ1) is 29.4. The van der Waals surface area contributed by atoms with Gasteiger partial charge in [0.25, 0.3) is 0 Å². The summed E-state index contributed by atoms with van der Waals surface area (Å²) in [5.41, 5.74) is 4.93. The molecule has 43 heavy (non-hydrogen) atoms. The summed E-state index contributed by atoms with van der Waals surface area (Å²) in [5.74, 6) is 0.0196. The number of carbonyl (C=O) groups excluding carboxylic acids is 1. The molecule has 10 heteroatoms. The molecular weight excluding hydrogens is 554 g/mol. The minimum Gasteiger partial charge on any atom is -0.473 e. The number of fused-ring (bicyclic) bond motifs is 1. The van der Waals surface area contributed by atoms with Crippen molar-refractivity contribution in [2.45, 2.75) is 26.2 Å². The molecule has 0 amide bonds. The molecule has 5 aromatic rings. The molecule has 0 aliphatic carbocycles. The van der Waals surface area contributed by atoms with Crippen LogP contribution in [0, 0.1) is 17.1 Å². The van der Waals surface area contributed by atoms with Crippen LogP contribution >= 0.6 is 0 Å². The highest BCUT2D eigenvalue weighted by atomic mass is 19.1. The predicted molar refractivity (Wildman–Crippen MR) is 156 cm³/mol. The van der Waals surface area contributed by atoms with Crippen molar-refractivity contribution in [3.63, 3.8) is 0 Å². The fraction of sp³-hybridized carbons (Fsp3) is 0.212. The van der Waals surface area contributed by atoms with Crippen LogP contribution in [0.3, 0.4) is 0 Å². The molecule has 0 unspecified atom stereocenters. The van der Waals surface area contributed by atoms with Gasteiger partial charge in [0.15, 0.2) is 0 Å². The summed E-state index contributed by atoms with van der Waals surface area (Å²) in [6.07, 6.45) is 0.359.